The fraction of sp³-hybridized carbons (Fsp3) is 0.167. The molecule has 0 saturated heterocycles. The topological polar surface area (TPSA) is 62.9 Å². The molecule has 180 valence electrons. The lowest BCUT2D eigenvalue weighted by Crippen LogP contribution is -2.32. The minimum Gasteiger partial charge on any atom is -0.288 e. The summed E-state index contributed by atoms with van der Waals surface area (Å²) < 4.78 is 3.24. The molecular formula is C30H25BrN2O2S. The number of thiazole rings is 1. The summed E-state index contributed by atoms with van der Waals surface area (Å²) in [7, 11) is 0. The van der Waals surface area contributed by atoms with Crippen molar-refractivity contribution in [1.29, 1.82) is 5.26 Å². The second kappa shape index (κ2) is 11.0. The number of carbonyl (C=O) groups is 1. The second-order valence-corrected chi connectivity index (χ2v) is 10.6. The van der Waals surface area contributed by atoms with Crippen LogP contribution in [0, 0.1) is 25.2 Å². The lowest BCUT2D eigenvalue weighted by atomic mass is 10.0. The van der Waals surface area contributed by atoms with Gasteiger partial charge < -0.3 is 0 Å². The molecule has 0 radical (unpaired) electrons. The van der Waals surface area contributed by atoms with Crippen LogP contribution in [0.25, 0.3) is 17.3 Å². The summed E-state index contributed by atoms with van der Waals surface area (Å²) in [5.74, 6) is -0.393. The summed E-state index contributed by atoms with van der Waals surface area (Å²) in [6.45, 7) is 5.97. The van der Waals surface area contributed by atoms with Gasteiger partial charge in [0.05, 0.1) is 10.2 Å². The van der Waals surface area contributed by atoms with Crippen molar-refractivity contribution < 1.29 is 4.79 Å². The fourth-order valence-corrected chi connectivity index (χ4v) is 5.35. The van der Waals surface area contributed by atoms with E-state index in [4.69, 9.17) is 0 Å². The third kappa shape index (κ3) is 5.33. The van der Waals surface area contributed by atoms with Gasteiger partial charge in [-0.05, 0) is 66.8 Å². The molecule has 0 atom stereocenters. The van der Waals surface area contributed by atoms with E-state index in [0.717, 1.165) is 50.9 Å². The van der Waals surface area contributed by atoms with Gasteiger partial charge in [-0.15, -0.1) is 11.3 Å². The van der Waals surface area contributed by atoms with Gasteiger partial charge in [-0.1, -0.05) is 77.8 Å². The van der Waals surface area contributed by atoms with Gasteiger partial charge in [-0.3, -0.25) is 14.2 Å². The fourth-order valence-electron chi connectivity index (χ4n) is 3.99. The lowest BCUT2D eigenvalue weighted by Gasteiger charge is -2.09. The van der Waals surface area contributed by atoms with Crippen molar-refractivity contribution in [2.75, 3.05) is 0 Å². The number of halogens is 1. The molecule has 36 heavy (non-hydrogen) atoms. The molecule has 3 aromatic carbocycles. The number of hydrogen-bond donors (Lipinski definition) is 0. The lowest BCUT2D eigenvalue weighted by molar-refractivity contribution is 0.105. The van der Waals surface area contributed by atoms with Crippen LogP contribution in [0.3, 0.4) is 0 Å². The van der Waals surface area contributed by atoms with E-state index in [-0.39, 0.29) is 11.1 Å². The maximum absolute atomic E-state index is 13.7. The Morgan fingerprint density at radius 2 is 1.75 bits per heavy atom. The van der Waals surface area contributed by atoms with Crippen molar-refractivity contribution in [3.63, 3.8) is 0 Å². The zero-order valence-electron chi connectivity index (χ0n) is 20.3. The number of nitrogens with zero attached hydrogens (tertiary/aromatic N) is 2. The Labute approximate surface area is 222 Å². The van der Waals surface area contributed by atoms with Crippen LogP contribution in [-0.2, 0) is 6.42 Å². The Morgan fingerprint density at radius 3 is 2.39 bits per heavy atom. The Bertz CT molecular complexity index is 1650. The predicted octanol–water partition coefficient (Wildman–Crippen LogP) is 5.62. The van der Waals surface area contributed by atoms with E-state index in [2.05, 4.69) is 28.9 Å². The molecule has 0 spiro atoms. The standard InChI is InChI=1S/C30H25BrN2O2S/c1-4-5-21-8-12-23(13-9-21)28(34)25(18-32)30-33(26-16-19(2)6-7-20(26)3)29(35)27(36-30)17-22-10-14-24(31)15-11-22/h6-17H,4-5H2,1-3H3/b27-17+,30-25-. The zero-order valence-corrected chi connectivity index (χ0v) is 22.7. The van der Waals surface area contributed by atoms with Gasteiger partial charge in [0.25, 0.3) is 5.56 Å². The van der Waals surface area contributed by atoms with Gasteiger partial charge in [0.2, 0.25) is 5.78 Å². The summed E-state index contributed by atoms with van der Waals surface area (Å²) >= 11 is 4.60. The third-order valence-electron chi connectivity index (χ3n) is 5.90. The average Bonchev–Trinajstić information content (AvgIpc) is 3.18. The maximum atomic E-state index is 13.7. The number of aromatic nitrogens is 1. The van der Waals surface area contributed by atoms with E-state index >= 15 is 0 Å². The highest BCUT2D eigenvalue weighted by molar-refractivity contribution is 9.10. The van der Waals surface area contributed by atoms with Gasteiger partial charge in [0.1, 0.15) is 16.3 Å². The maximum Gasteiger partial charge on any atom is 0.273 e. The summed E-state index contributed by atoms with van der Waals surface area (Å²) in [6.07, 6.45) is 3.73. The summed E-state index contributed by atoms with van der Waals surface area (Å²) in [5, 5.41) is 10.1. The SMILES string of the molecule is CCCc1ccc(C(=O)/C(C#N)=c2\s/c(=C/c3ccc(Br)cc3)c(=O)n2-c2cc(C)ccc2C)cc1. The van der Waals surface area contributed by atoms with Crippen molar-refractivity contribution in [3.05, 3.63) is 119 Å². The highest BCUT2D eigenvalue weighted by atomic mass is 79.9. The smallest absolute Gasteiger partial charge is 0.273 e. The normalized spacial score (nSPS) is 12.4. The first-order valence-corrected chi connectivity index (χ1v) is 13.3. The Kier molecular flexibility index (Phi) is 7.83. The molecule has 6 heteroatoms. The number of rotatable bonds is 6. The van der Waals surface area contributed by atoms with Crippen molar-refractivity contribution in [1.82, 2.24) is 4.57 Å². The van der Waals surface area contributed by atoms with E-state index in [1.165, 1.54) is 4.57 Å². The monoisotopic (exact) mass is 556 g/mol. The summed E-state index contributed by atoms with van der Waals surface area (Å²) in [6, 6.07) is 22.9. The largest absolute Gasteiger partial charge is 0.288 e. The number of benzene rings is 3. The van der Waals surface area contributed by atoms with Crippen LogP contribution in [0.4, 0.5) is 0 Å². The van der Waals surface area contributed by atoms with E-state index in [1.54, 1.807) is 18.2 Å². The van der Waals surface area contributed by atoms with Crippen LogP contribution in [0.5, 0.6) is 0 Å². The van der Waals surface area contributed by atoms with Gasteiger partial charge in [-0.25, -0.2) is 0 Å². The van der Waals surface area contributed by atoms with E-state index in [1.807, 2.05) is 68.4 Å². The zero-order chi connectivity index (χ0) is 25.8. The summed E-state index contributed by atoms with van der Waals surface area (Å²) in [5.41, 5.74) is 4.65. The summed E-state index contributed by atoms with van der Waals surface area (Å²) in [4.78, 5) is 27.2. The van der Waals surface area contributed by atoms with Gasteiger partial charge in [-0.2, -0.15) is 5.26 Å². The van der Waals surface area contributed by atoms with Crippen LogP contribution in [0.15, 0.2) is 76.0 Å². The molecule has 0 aliphatic heterocycles. The second-order valence-electron chi connectivity index (χ2n) is 8.66. The van der Waals surface area contributed by atoms with E-state index in [9.17, 15) is 14.9 Å². The first-order valence-electron chi connectivity index (χ1n) is 11.7. The molecule has 4 aromatic rings. The van der Waals surface area contributed by atoms with Crippen LogP contribution >= 0.6 is 27.3 Å². The molecule has 0 aliphatic carbocycles. The number of aryl methyl sites for hydroxylation is 3. The minimum absolute atomic E-state index is 0.0447. The number of carbonyl (C=O) groups excluding carboxylic acids is 1. The third-order valence-corrected chi connectivity index (χ3v) is 7.53. The van der Waals surface area contributed by atoms with Gasteiger partial charge in [0.15, 0.2) is 0 Å². The molecule has 0 N–H and O–H groups in total. The quantitative estimate of drug-likeness (QED) is 0.290. The molecule has 0 aliphatic rings. The first-order chi connectivity index (χ1) is 17.3. The molecule has 1 aromatic heterocycles. The molecule has 0 saturated carbocycles. The van der Waals surface area contributed by atoms with E-state index in [0.29, 0.717) is 20.4 Å². The molecule has 0 amide bonds. The van der Waals surface area contributed by atoms with Crippen molar-refractivity contribution in [3.8, 4) is 11.8 Å². The number of Topliss-reactive ketones (excluding diaryl/α,β-unsaturated/α-hetero) is 1. The molecule has 4 rings (SSSR count). The van der Waals surface area contributed by atoms with Crippen LogP contribution in [0.1, 0.15) is 46.0 Å². The number of ketones is 1. The number of nitriles is 1. The van der Waals surface area contributed by atoms with Crippen LogP contribution in [0.2, 0.25) is 0 Å². The molecule has 0 fully saturated rings. The Morgan fingerprint density at radius 1 is 1.06 bits per heavy atom. The number of hydrogen-bond acceptors (Lipinski definition) is 4. The minimum atomic E-state index is -0.393. The van der Waals surface area contributed by atoms with Crippen LogP contribution in [-0.4, -0.2) is 10.4 Å². The van der Waals surface area contributed by atoms with Crippen molar-refractivity contribution in [2.45, 2.75) is 33.6 Å². The predicted molar refractivity (Wildman–Crippen MR) is 150 cm³/mol. The molecular weight excluding hydrogens is 532 g/mol. The van der Waals surface area contributed by atoms with Crippen molar-refractivity contribution in [2.24, 2.45) is 0 Å². The Hall–Kier alpha value is -3.53. The molecule has 0 bridgehead atoms. The molecule has 0 unspecified atom stereocenters. The molecule has 1 heterocycles. The van der Waals surface area contributed by atoms with Crippen molar-refractivity contribution >= 4 is 44.7 Å². The van der Waals surface area contributed by atoms with Gasteiger partial charge in [0, 0.05) is 10.0 Å². The molecule has 4 nitrogen and oxygen atoms in total. The Balaban J connectivity index is 2.01. The van der Waals surface area contributed by atoms with Gasteiger partial charge >= 0.3 is 0 Å². The highest BCUT2D eigenvalue weighted by Gasteiger charge is 2.19. The first kappa shape index (κ1) is 25.6. The van der Waals surface area contributed by atoms with E-state index < -0.39 is 5.78 Å². The average molecular weight is 558 g/mol. The highest BCUT2D eigenvalue weighted by Crippen LogP contribution is 2.16. The van der Waals surface area contributed by atoms with Crippen LogP contribution < -0.4 is 14.8 Å².